The number of fused-ring (bicyclic) bond motifs is 1. The van der Waals surface area contributed by atoms with Crippen molar-refractivity contribution in [3.05, 3.63) is 40.7 Å². The van der Waals surface area contributed by atoms with Crippen LogP contribution in [-0.4, -0.2) is 31.4 Å². The summed E-state index contributed by atoms with van der Waals surface area (Å²) in [4.78, 5) is 32.7. The van der Waals surface area contributed by atoms with Crippen LogP contribution in [0.5, 0.6) is 0 Å². The normalized spacial score (nSPS) is 10.9. The number of carbonyl (C=O) groups is 2. The van der Waals surface area contributed by atoms with Gasteiger partial charge in [-0.05, 0) is 38.5 Å². The van der Waals surface area contributed by atoms with Crippen LogP contribution in [0, 0.1) is 20.8 Å². The van der Waals surface area contributed by atoms with E-state index >= 15 is 0 Å². The van der Waals surface area contributed by atoms with Gasteiger partial charge in [0.2, 0.25) is 17.8 Å². The van der Waals surface area contributed by atoms with Gasteiger partial charge in [0.05, 0.1) is 6.42 Å². The molecule has 0 saturated carbocycles. The summed E-state index contributed by atoms with van der Waals surface area (Å²) in [6.07, 6.45) is 0.516. The molecule has 0 atom stereocenters. The number of aryl methyl sites for hydroxylation is 3. The molecular formula is C19H23N7O2. The molecule has 0 aliphatic carbocycles. The maximum Gasteiger partial charge on any atom is 0.254 e. The number of nitrogen functional groups attached to an aromatic ring is 1. The predicted molar refractivity (Wildman–Crippen MR) is 107 cm³/mol. The Balaban J connectivity index is 1.82. The highest BCUT2D eigenvalue weighted by atomic mass is 16.2. The van der Waals surface area contributed by atoms with E-state index in [9.17, 15) is 9.59 Å². The lowest BCUT2D eigenvalue weighted by Crippen LogP contribution is -2.18. The zero-order valence-electron chi connectivity index (χ0n) is 16.3. The number of aromatic nitrogens is 4. The molecule has 9 heteroatoms. The minimum absolute atomic E-state index is 0.0844. The molecule has 0 bridgehead atoms. The fraction of sp³-hybridized carbons (Fsp3) is 0.316. The van der Waals surface area contributed by atoms with Crippen molar-refractivity contribution in [3.8, 4) is 0 Å². The number of nitrogens with zero attached hydrogens (tertiary/aromatic N) is 4. The van der Waals surface area contributed by atoms with Gasteiger partial charge in [-0.3, -0.25) is 9.59 Å². The van der Waals surface area contributed by atoms with E-state index in [0.29, 0.717) is 29.3 Å². The Kier molecular flexibility index (Phi) is 5.25. The van der Waals surface area contributed by atoms with Crippen LogP contribution in [0.2, 0.25) is 0 Å². The fourth-order valence-electron chi connectivity index (χ4n) is 2.92. The van der Waals surface area contributed by atoms with Gasteiger partial charge < -0.3 is 16.4 Å². The molecule has 2 amide bonds. The van der Waals surface area contributed by atoms with Crippen LogP contribution in [0.25, 0.3) is 5.78 Å². The lowest BCUT2D eigenvalue weighted by Gasteiger charge is -2.13. The molecule has 3 aromatic rings. The van der Waals surface area contributed by atoms with E-state index in [1.165, 1.54) is 4.52 Å². The number of amides is 2. The Morgan fingerprint density at radius 3 is 2.57 bits per heavy atom. The SMILES string of the molecule is CCC(=O)Nc1ccc(C)c(NC(=O)Cc2c(C)nc3nc(N)nn3c2C)c1. The third kappa shape index (κ3) is 3.93. The van der Waals surface area contributed by atoms with E-state index in [1.807, 2.05) is 26.8 Å². The van der Waals surface area contributed by atoms with Crippen LogP contribution >= 0.6 is 0 Å². The molecule has 0 saturated heterocycles. The van der Waals surface area contributed by atoms with E-state index < -0.39 is 0 Å². The van der Waals surface area contributed by atoms with E-state index in [4.69, 9.17) is 5.73 Å². The molecule has 3 rings (SSSR count). The molecule has 0 fully saturated rings. The Hall–Kier alpha value is -3.49. The second kappa shape index (κ2) is 7.63. The third-order valence-corrected chi connectivity index (χ3v) is 4.52. The summed E-state index contributed by atoms with van der Waals surface area (Å²) in [6, 6.07) is 5.41. The first-order chi connectivity index (χ1) is 13.3. The smallest absolute Gasteiger partial charge is 0.254 e. The van der Waals surface area contributed by atoms with Gasteiger partial charge in [0.1, 0.15) is 0 Å². The highest BCUT2D eigenvalue weighted by Gasteiger charge is 2.16. The Morgan fingerprint density at radius 1 is 1.11 bits per heavy atom. The van der Waals surface area contributed by atoms with Crippen molar-refractivity contribution < 1.29 is 9.59 Å². The first-order valence-electron chi connectivity index (χ1n) is 8.97. The number of benzene rings is 1. The van der Waals surface area contributed by atoms with Gasteiger partial charge in [-0.1, -0.05) is 13.0 Å². The van der Waals surface area contributed by atoms with Crippen LogP contribution in [-0.2, 0) is 16.0 Å². The van der Waals surface area contributed by atoms with Crippen LogP contribution < -0.4 is 16.4 Å². The molecular weight excluding hydrogens is 358 g/mol. The number of rotatable bonds is 5. The highest BCUT2D eigenvalue weighted by Crippen LogP contribution is 2.22. The monoisotopic (exact) mass is 381 g/mol. The molecule has 28 heavy (non-hydrogen) atoms. The number of hydrogen-bond acceptors (Lipinski definition) is 6. The summed E-state index contributed by atoms with van der Waals surface area (Å²) in [5, 5.41) is 9.82. The van der Waals surface area contributed by atoms with Crippen molar-refractivity contribution >= 4 is 34.9 Å². The fourth-order valence-corrected chi connectivity index (χ4v) is 2.92. The molecule has 9 nitrogen and oxygen atoms in total. The first-order valence-corrected chi connectivity index (χ1v) is 8.97. The molecule has 2 aromatic heterocycles. The summed E-state index contributed by atoms with van der Waals surface area (Å²) in [7, 11) is 0. The van der Waals surface area contributed by atoms with E-state index in [2.05, 4.69) is 25.7 Å². The maximum atomic E-state index is 12.7. The van der Waals surface area contributed by atoms with Crippen molar-refractivity contribution in [2.45, 2.75) is 40.5 Å². The molecule has 2 heterocycles. The van der Waals surface area contributed by atoms with Crippen molar-refractivity contribution in [1.82, 2.24) is 19.6 Å². The maximum absolute atomic E-state index is 12.7. The van der Waals surface area contributed by atoms with Crippen LogP contribution in [0.4, 0.5) is 17.3 Å². The van der Waals surface area contributed by atoms with Gasteiger partial charge in [0.25, 0.3) is 5.78 Å². The van der Waals surface area contributed by atoms with E-state index in [1.54, 1.807) is 19.1 Å². The minimum Gasteiger partial charge on any atom is -0.366 e. The molecule has 0 radical (unpaired) electrons. The highest BCUT2D eigenvalue weighted by molar-refractivity contribution is 5.95. The topological polar surface area (TPSA) is 127 Å². The lowest BCUT2D eigenvalue weighted by molar-refractivity contribution is -0.116. The molecule has 0 spiro atoms. The average molecular weight is 381 g/mol. The molecule has 0 unspecified atom stereocenters. The molecule has 0 aliphatic heterocycles. The van der Waals surface area contributed by atoms with Gasteiger partial charge in [-0.2, -0.15) is 9.50 Å². The molecule has 1 aromatic carbocycles. The largest absolute Gasteiger partial charge is 0.366 e. The number of anilines is 3. The average Bonchev–Trinajstić information content (AvgIpc) is 3.01. The van der Waals surface area contributed by atoms with Gasteiger partial charge in [-0.25, -0.2) is 4.98 Å². The summed E-state index contributed by atoms with van der Waals surface area (Å²) in [6.45, 7) is 7.35. The van der Waals surface area contributed by atoms with Gasteiger partial charge in [0, 0.05) is 34.7 Å². The van der Waals surface area contributed by atoms with Crippen molar-refractivity contribution in [3.63, 3.8) is 0 Å². The zero-order chi connectivity index (χ0) is 20.4. The predicted octanol–water partition coefficient (Wildman–Crippen LogP) is 2.16. The summed E-state index contributed by atoms with van der Waals surface area (Å²) < 4.78 is 1.54. The van der Waals surface area contributed by atoms with Crippen molar-refractivity contribution in [1.29, 1.82) is 0 Å². The third-order valence-electron chi connectivity index (χ3n) is 4.52. The quantitative estimate of drug-likeness (QED) is 0.621. The van der Waals surface area contributed by atoms with Crippen LogP contribution in [0.3, 0.4) is 0 Å². The number of hydrogen-bond donors (Lipinski definition) is 3. The minimum atomic E-state index is -0.192. The van der Waals surface area contributed by atoms with Crippen molar-refractivity contribution in [2.24, 2.45) is 0 Å². The Bertz CT molecular complexity index is 1070. The molecule has 0 aliphatic rings. The second-order valence-corrected chi connectivity index (χ2v) is 6.60. The summed E-state index contributed by atoms with van der Waals surface area (Å²) in [5.41, 5.74) is 10.1. The summed E-state index contributed by atoms with van der Waals surface area (Å²) >= 11 is 0. The first kappa shape index (κ1) is 19.3. The zero-order valence-corrected chi connectivity index (χ0v) is 16.3. The van der Waals surface area contributed by atoms with Crippen LogP contribution in [0.15, 0.2) is 18.2 Å². The van der Waals surface area contributed by atoms with E-state index in [-0.39, 0.29) is 24.2 Å². The standard InChI is InChI=1S/C19H23N7O2/c1-5-16(27)22-13-7-6-10(2)15(8-13)23-17(28)9-14-11(3)21-19-24-18(20)25-26(19)12(14)4/h6-8H,5,9H2,1-4H3,(H2,20,25)(H,22,27)(H,23,28). The Morgan fingerprint density at radius 2 is 1.86 bits per heavy atom. The lowest BCUT2D eigenvalue weighted by atomic mass is 10.1. The van der Waals surface area contributed by atoms with Gasteiger partial charge in [-0.15, -0.1) is 5.10 Å². The van der Waals surface area contributed by atoms with E-state index in [0.717, 1.165) is 16.8 Å². The van der Waals surface area contributed by atoms with Crippen molar-refractivity contribution in [2.75, 3.05) is 16.4 Å². The number of nitrogens with one attached hydrogen (secondary N) is 2. The summed E-state index contributed by atoms with van der Waals surface area (Å²) in [5.74, 6) is 0.270. The Labute approximate surface area is 162 Å². The number of carbonyl (C=O) groups excluding carboxylic acids is 2. The second-order valence-electron chi connectivity index (χ2n) is 6.60. The van der Waals surface area contributed by atoms with Crippen LogP contribution in [0.1, 0.15) is 35.9 Å². The van der Waals surface area contributed by atoms with Gasteiger partial charge >= 0.3 is 0 Å². The molecule has 146 valence electrons. The van der Waals surface area contributed by atoms with Gasteiger partial charge in [0.15, 0.2) is 0 Å². The molecule has 4 N–H and O–H groups in total. The number of nitrogens with two attached hydrogens (primary N) is 1.